The van der Waals surface area contributed by atoms with Crippen molar-refractivity contribution in [3.8, 4) is 0 Å². The van der Waals surface area contributed by atoms with Gasteiger partial charge in [-0.1, -0.05) is 30.2 Å². The van der Waals surface area contributed by atoms with Gasteiger partial charge < -0.3 is 10.6 Å². The van der Waals surface area contributed by atoms with Gasteiger partial charge in [0.2, 0.25) is 5.91 Å². The fourth-order valence-corrected chi connectivity index (χ4v) is 2.70. The first kappa shape index (κ1) is 14.4. The minimum atomic E-state index is -0.0180. The van der Waals surface area contributed by atoms with Crippen molar-refractivity contribution < 1.29 is 4.79 Å². The summed E-state index contributed by atoms with van der Waals surface area (Å²) >= 11 is 5.96. The van der Waals surface area contributed by atoms with Crippen LogP contribution in [-0.4, -0.2) is 24.5 Å². The largest absolute Gasteiger partial charge is 0.352 e. The van der Waals surface area contributed by atoms with Gasteiger partial charge in [0.25, 0.3) is 0 Å². The summed E-state index contributed by atoms with van der Waals surface area (Å²) in [5.74, 6) is 0.120. The summed E-state index contributed by atoms with van der Waals surface area (Å²) in [4.78, 5) is 12.1. The Balaban J connectivity index is 1.83. The number of amides is 1. The van der Waals surface area contributed by atoms with Crippen LogP contribution in [0.3, 0.4) is 0 Å². The van der Waals surface area contributed by atoms with E-state index in [4.69, 9.17) is 11.6 Å². The molecule has 104 valence electrons. The van der Waals surface area contributed by atoms with Gasteiger partial charge >= 0.3 is 0 Å². The monoisotopic (exact) mass is 280 g/mol. The summed E-state index contributed by atoms with van der Waals surface area (Å²) in [6.45, 7) is 2.97. The highest BCUT2D eigenvalue weighted by Crippen LogP contribution is 2.13. The van der Waals surface area contributed by atoms with Crippen LogP contribution in [-0.2, 0) is 11.2 Å². The number of halogens is 1. The second-order valence-electron chi connectivity index (χ2n) is 5.25. The molecule has 2 N–H and O–H groups in total. The number of nitrogens with one attached hydrogen (secondary N) is 2. The zero-order chi connectivity index (χ0) is 13.7. The molecule has 0 aromatic heterocycles. The highest BCUT2D eigenvalue weighted by atomic mass is 35.5. The van der Waals surface area contributed by atoms with Gasteiger partial charge in [0, 0.05) is 11.1 Å². The van der Waals surface area contributed by atoms with Gasteiger partial charge in [0.15, 0.2) is 0 Å². The molecule has 1 aliphatic heterocycles. The third-order valence-electron chi connectivity index (χ3n) is 3.45. The van der Waals surface area contributed by atoms with Gasteiger partial charge in [0.05, 0.1) is 6.04 Å². The minimum Gasteiger partial charge on any atom is -0.352 e. The van der Waals surface area contributed by atoms with Gasteiger partial charge in [-0.15, -0.1) is 0 Å². The van der Waals surface area contributed by atoms with E-state index in [1.807, 2.05) is 31.2 Å². The van der Waals surface area contributed by atoms with Gasteiger partial charge in [-0.3, -0.25) is 4.79 Å². The molecular formula is C15H21ClN2O. The molecule has 0 radical (unpaired) electrons. The van der Waals surface area contributed by atoms with Crippen molar-refractivity contribution >= 4 is 17.5 Å². The van der Waals surface area contributed by atoms with Crippen LogP contribution in [0.5, 0.6) is 0 Å². The average molecular weight is 281 g/mol. The van der Waals surface area contributed by atoms with Crippen LogP contribution < -0.4 is 10.6 Å². The maximum Gasteiger partial charge on any atom is 0.237 e. The van der Waals surface area contributed by atoms with E-state index in [9.17, 15) is 4.79 Å². The number of carbonyl (C=O) groups excluding carboxylic acids is 1. The van der Waals surface area contributed by atoms with Gasteiger partial charge in [-0.2, -0.15) is 0 Å². The lowest BCUT2D eigenvalue weighted by atomic mass is 10.0. The van der Waals surface area contributed by atoms with E-state index in [2.05, 4.69) is 10.6 Å². The van der Waals surface area contributed by atoms with E-state index in [-0.39, 0.29) is 18.0 Å². The van der Waals surface area contributed by atoms with E-state index in [0.717, 1.165) is 36.4 Å². The lowest BCUT2D eigenvalue weighted by Crippen LogP contribution is -2.49. The molecule has 1 unspecified atom stereocenters. The number of rotatable bonds is 4. The van der Waals surface area contributed by atoms with Crippen molar-refractivity contribution in [3.63, 3.8) is 0 Å². The summed E-state index contributed by atoms with van der Waals surface area (Å²) in [6, 6.07) is 7.89. The van der Waals surface area contributed by atoms with E-state index in [1.165, 1.54) is 6.42 Å². The number of benzene rings is 1. The summed E-state index contributed by atoms with van der Waals surface area (Å²) in [5.41, 5.74) is 1.15. The van der Waals surface area contributed by atoms with Crippen LogP contribution in [0, 0.1) is 0 Å². The van der Waals surface area contributed by atoms with Gasteiger partial charge in [-0.05, 0) is 50.4 Å². The Hall–Kier alpha value is -1.06. The Morgan fingerprint density at radius 2 is 2.37 bits per heavy atom. The molecule has 0 bridgehead atoms. The fourth-order valence-electron chi connectivity index (χ4n) is 2.49. The minimum absolute atomic E-state index is 0.0180. The molecule has 1 heterocycles. The van der Waals surface area contributed by atoms with Crippen LogP contribution in [0.4, 0.5) is 0 Å². The Labute approximate surface area is 119 Å². The summed E-state index contributed by atoms with van der Waals surface area (Å²) in [5, 5.41) is 7.08. The molecule has 0 spiro atoms. The molecule has 19 heavy (non-hydrogen) atoms. The molecule has 1 fully saturated rings. The molecule has 4 heteroatoms. The SMILES string of the molecule is CC(Cc1cccc(Cl)c1)NC(=O)[C@@H]1CCCCN1. The first-order chi connectivity index (χ1) is 9.15. The van der Waals surface area contributed by atoms with Crippen LogP contribution >= 0.6 is 11.6 Å². The highest BCUT2D eigenvalue weighted by Gasteiger charge is 2.21. The summed E-state index contributed by atoms with van der Waals surface area (Å²) in [7, 11) is 0. The second kappa shape index (κ2) is 6.92. The molecule has 1 aliphatic rings. The van der Waals surface area contributed by atoms with Crippen molar-refractivity contribution in [1.29, 1.82) is 0 Å². The smallest absolute Gasteiger partial charge is 0.237 e. The molecule has 0 saturated carbocycles. The maximum atomic E-state index is 12.1. The number of hydrogen-bond acceptors (Lipinski definition) is 2. The molecule has 2 rings (SSSR count). The lowest BCUT2D eigenvalue weighted by Gasteiger charge is -2.24. The average Bonchev–Trinajstić information content (AvgIpc) is 2.39. The number of hydrogen-bond donors (Lipinski definition) is 2. The fraction of sp³-hybridized carbons (Fsp3) is 0.533. The van der Waals surface area contributed by atoms with Crippen LogP contribution in [0.2, 0.25) is 5.02 Å². The van der Waals surface area contributed by atoms with Crippen molar-refractivity contribution in [3.05, 3.63) is 34.9 Å². The Bertz CT molecular complexity index is 430. The Morgan fingerprint density at radius 3 is 3.05 bits per heavy atom. The number of carbonyl (C=O) groups is 1. The molecule has 1 amide bonds. The third kappa shape index (κ3) is 4.51. The Morgan fingerprint density at radius 1 is 1.53 bits per heavy atom. The maximum absolute atomic E-state index is 12.1. The molecule has 3 nitrogen and oxygen atoms in total. The Kier molecular flexibility index (Phi) is 5.23. The van der Waals surface area contributed by atoms with Crippen molar-refractivity contribution in [1.82, 2.24) is 10.6 Å². The standard InChI is InChI=1S/C15H21ClN2O/c1-11(9-12-5-4-6-13(16)10-12)18-15(19)14-7-2-3-8-17-14/h4-6,10-11,14,17H,2-3,7-9H2,1H3,(H,18,19)/t11?,14-/m0/s1. The van der Waals surface area contributed by atoms with Crippen molar-refractivity contribution in [2.45, 2.75) is 44.7 Å². The van der Waals surface area contributed by atoms with Crippen molar-refractivity contribution in [2.24, 2.45) is 0 Å². The van der Waals surface area contributed by atoms with Crippen LogP contribution in [0.25, 0.3) is 0 Å². The number of piperidine rings is 1. The van der Waals surface area contributed by atoms with Crippen molar-refractivity contribution in [2.75, 3.05) is 6.54 Å². The first-order valence-corrected chi connectivity index (χ1v) is 7.31. The van der Waals surface area contributed by atoms with E-state index in [0.29, 0.717) is 0 Å². The summed E-state index contributed by atoms with van der Waals surface area (Å²) < 4.78 is 0. The zero-order valence-electron chi connectivity index (χ0n) is 11.3. The molecule has 1 aromatic carbocycles. The molecule has 0 aliphatic carbocycles. The molecule has 2 atom stereocenters. The molecular weight excluding hydrogens is 260 g/mol. The van der Waals surface area contributed by atoms with E-state index < -0.39 is 0 Å². The first-order valence-electron chi connectivity index (χ1n) is 6.93. The van der Waals surface area contributed by atoms with Gasteiger partial charge in [0.1, 0.15) is 0 Å². The quantitative estimate of drug-likeness (QED) is 0.890. The lowest BCUT2D eigenvalue weighted by molar-refractivity contribution is -0.124. The van der Waals surface area contributed by atoms with Crippen LogP contribution in [0.1, 0.15) is 31.7 Å². The predicted molar refractivity (Wildman–Crippen MR) is 78.4 cm³/mol. The zero-order valence-corrected chi connectivity index (χ0v) is 12.0. The highest BCUT2D eigenvalue weighted by molar-refractivity contribution is 6.30. The summed E-state index contributed by atoms with van der Waals surface area (Å²) in [6.07, 6.45) is 4.05. The molecule has 1 saturated heterocycles. The van der Waals surface area contributed by atoms with Gasteiger partial charge in [-0.25, -0.2) is 0 Å². The van der Waals surface area contributed by atoms with E-state index >= 15 is 0 Å². The topological polar surface area (TPSA) is 41.1 Å². The normalized spacial score (nSPS) is 20.8. The second-order valence-corrected chi connectivity index (χ2v) is 5.68. The third-order valence-corrected chi connectivity index (χ3v) is 3.68. The molecule has 1 aromatic rings. The van der Waals surface area contributed by atoms with E-state index in [1.54, 1.807) is 0 Å². The van der Waals surface area contributed by atoms with Crippen LogP contribution in [0.15, 0.2) is 24.3 Å². The predicted octanol–water partition coefficient (Wildman–Crippen LogP) is 2.53.